The summed E-state index contributed by atoms with van der Waals surface area (Å²) >= 11 is 0. The molecule has 1 saturated heterocycles. The minimum Gasteiger partial charge on any atom is -0.339 e. The third-order valence-electron chi connectivity index (χ3n) is 4.46. The number of sulfone groups is 1. The van der Waals surface area contributed by atoms with Crippen LogP contribution in [-0.4, -0.2) is 56.3 Å². The predicted molar refractivity (Wildman–Crippen MR) is 93.7 cm³/mol. The number of carbonyl (C=O) groups is 2. The van der Waals surface area contributed by atoms with Crippen LogP contribution in [0.2, 0.25) is 0 Å². The van der Waals surface area contributed by atoms with Crippen LogP contribution < -0.4 is 4.90 Å². The van der Waals surface area contributed by atoms with Crippen molar-refractivity contribution in [1.29, 1.82) is 0 Å². The lowest BCUT2D eigenvalue weighted by atomic mass is 10.1. The summed E-state index contributed by atoms with van der Waals surface area (Å²) in [4.78, 5) is 27.1. The molecule has 2 amide bonds. The van der Waals surface area contributed by atoms with Gasteiger partial charge in [-0.25, -0.2) is 8.42 Å². The van der Waals surface area contributed by atoms with Gasteiger partial charge in [-0.05, 0) is 31.0 Å². The van der Waals surface area contributed by atoms with Crippen LogP contribution in [0.25, 0.3) is 0 Å². The molecule has 2 rings (SSSR count). The van der Waals surface area contributed by atoms with Gasteiger partial charge in [0, 0.05) is 32.2 Å². The molecule has 1 aromatic carbocycles. The Bertz CT molecular complexity index is 713. The van der Waals surface area contributed by atoms with Gasteiger partial charge in [0.25, 0.3) is 0 Å². The predicted octanol–water partition coefficient (Wildman–Crippen LogP) is 1.25. The molecule has 1 atom stereocenters. The number of hydrogen-bond acceptors (Lipinski definition) is 4. The molecule has 1 aliphatic rings. The summed E-state index contributed by atoms with van der Waals surface area (Å²) in [7, 11) is -1.32. The molecule has 0 N–H and O–H groups in total. The van der Waals surface area contributed by atoms with Crippen LogP contribution in [0.5, 0.6) is 0 Å². The van der Waals surface area contributed by atoms with Gasteiger partial charge < -0.3 is 9.80 Å². The van der Waals surface area contributed by atoms with Gasteiger partial charge in [-0.15, -0.1) is 0 Å². The molecule has 0 aliphatic carbocycles. The van der Waals surface area contributed by atoms with Crippen LogP contribution in [0.1, 0.15) is 25.8 Å². The molecular weight excluding hydrogens is 328 g/mol. The van der Waals surface area contributed by atoms with E-state index in [1.807, 2.05) is 19.1 Å². The van der Waals surface area contributed by atoms with Crippen LogP contribution in [0.15, 0.2) is 24.3 Å². The highest BCUT2D eigenvalue weighted by Crippen LogP contribution is 2.20. The molecule has 24 heavy (non-hydrogen) atoms. The highest BCUT2D eigenvalue weighted by Gasteiger charge is 2.33. The van der Waals surface area contributed by atoms with Crippen molar-refractivity contribution >= 4 is 27.3 Å². The normalized spacial score (nSPS) is 19.0. The Morgan fingerprint density at radius 3 is 2.29 bits per heavy atom. The van der Waals surface area contributed by atoms with E-state index in [1.54, 1.807) is 24.1 Å². The molecule has 0 saturated carbocycles. The second-order valence-corrected chi connectivity index (χ2v) is 8.39. The minimum absolute atomic E-state index is 0.0570. The van der Waals surface area contributed by atoms with E-state index in [2.05, 4.69) is 0 Å². The van der Waals surface area contributed by atoms with Crippen molar-refractivity contribution in [3.63, 3.8) is 0 Å². The second kappa shape index (κ2) is 7.34. The lowest BCUT2D eigenvalue weighted by Gasteiger charge is -2.27. The van der Waals surface area contributed by atoms with Gasteiger partial charge >= 0.3 is 0 Å². The standard InChI is InChI=1S/C17H24N2O4S/c1-4-19(16-9-10-24(22,23)12-16)17(21)11-14-5-7-15(8-6-14)18(3)13(2)20/h5-8,16H,4,9-12H2,1-3H3. The van der Waals surface area contributed by atoms with Crippen molar-refractivity contribution in [2.24, 2.45) is 0 Å². The Morgan fingerprint density at radius 2 is 1.83 bits per heavy atom. The first-order valence-corrected chi connectivity index (χ1v) is 9.88. The second-order valence-electron chi connectivity index (χ2n) is 6.16. The van der Waals surface area contributed by atoms with Crippen LogP contribution >= 0.6 is 0 Å². The highest BCUT2D eigenvalue weighted by atomic mass is 32.2. The van der Waals surface area contributed by atoms with Gasteiger partial charge in [0.2, 0.25) is 11.8 Å². The van der Waals surface area contributed by atoms with Crippen LogP contribution in [0.3, 0.4) is 0 Å². The summed E-state index contributed by atoms with van der Waals surface area (Å²) in [5.74, 6) is 0.105. The molecule has 0 aromatic heterocycles. The Morgan fingerprint density at radius 1 is 1.21 bits per heavy atom. The lowest BCUT2D eigenvalue weighted by Crippen LogP contribution is -2.41. The molecular formula is C17H24N2O4S. The van der Waals surface area contributed by atoms with Crippen LogP contribution in [-0.2, 0) is 25.8 Å². The van der Waals surface area contributed by atoms with Gasteiger partial charge in [0.1, 0.15) is 0 Å². The number of anilines is 1. The average Bonchev–Trinajstić information content (AvgIpc) is 2.87. The maximum absolute atomic E-state index is 12.5. The Labute approximate surface area is 143 Å². The Balaban J connectivity index is 2.04. The van der Waals surface area contributed by atoms with Gasteiger partial charge in [-0.3, -0.25) is 9.59 Å². The van der Waals surface area contributed by atoms with Gasteiger partial charge in [0.15, 0.2) is 9.84 Å². The number of nitrogens with zero attached hydrogens (tertiary/aromatic N) is 2. The van der Waals surface area contributed by atoms with Crippen molar-refractivity contribution in [1.82, 2.24) is 4.90 Å². The molecule has 1 aliphatic heterocycles. The van der Waals surface area contributed by atoms with Gasteiger partial charge in [-0.1, -0.05) is 12.1 Å². The number of carbonyl (C=O) groups excluding carboxylic acids is 2. The van der Waals surface area contributed by atoms with Crippen molar-refractivity contribution in [2.45, 2.75) is 32.7 Å². The van der Waals surface area contributed by atoms with E-state index in [0.717, 1.165) is 11.3 Å². The third kappa shape index (κ3) is 4.35. The first-order chi connectivity index (χ1) is 11.2. The fourth-order valence-corrected chi connectivity index (χ4v) is 4.69. The van der Waals surface area contributed by atoms with Gasteiger partial charge in [0.05, 0.1) is 17.9 Å². The van der Waals surface area contributed by atoms with Crippen molar-refractivity contribution in [3.8, 4) is 0 Å². The lowest BCUT2D eigenvalue weighted by molar-refractivity contribution is -0.132. The van der Waals surface area contributed by atoms with Crippen molar-refractivity contribution < 1.29 is 18.0 Å². The van der Waals surface area contributed by atoms with E-state index in [9.17, 15) is 18.0 Å². The summed E-state index contributed by atoms with van der Waals surface area (Å²) in [5, 5.41) is 0. The first-order valence-electron chi connectivity index (χ1n) is 8.06. The molecule has 0 spiro atoms. The largest absolute Gasteiger partial charge is 0.339 e. The fourth-order valence-electron chi connectivity index (χ4n) is 2.95. The average molecular weight is 352 g/mol. The van der Waals surface area contributed by atoms with E-state index in [4.69, 9.17) is 0 Å². The van der Waals surface area contributed by atoms with E-state index >= 15 is 0 Å². The molecule has 132 valence electrons. The number of likely N-dealkylation sites (N-methyl/N-ethyl adjacent to an activating group) is 1. The first kappa shape index (κ1) is 18.4. The summed E-state index contributed by atoms with van der Waals surface area (Å²) in [6.07, 6.45) is 0.749. The van der Waals surface area contributed by atoms with E-state index < -0.39 is 9.84 Å². The van der Waals surface area contributed by atoms with E-state index in [-0.39, 0.29) is 35.8 Å². The fraction of sp³-hybridized carbons (Fsp3) is 0.529. The molecule has 0 bridgehead atoms. The summed E-state index contributed by atoms with van der Waals surface area (Å²) in [6.45, 7) is 3.87. The molecule has 0 radical (unpaired) electrons. The maximum atomic E-state index is 12.5. The monoisotopic (exact) mass is 352 g/mol. The molecule has 1 fully saturated rings. The van der Waals surface area contributed by atoms with E-state index in [1.165, 1.54) is 11.8 Å². The summed E-state index contributed by atoms with van der Waals surface area (Å²) in [6, 6.07) is 7.05. The molecule has 7 heteroatoms. The highest BCUT2D eigenvalue weighted by molar-refractivity contribution is 7.91. The maximum Gasteiger partial charge on any atom is 0.227 e. The smallest absolute Gasteiger partial charge is 0.227 e. The number of rotatable bonds is 5. The molecule has 1 heterocycles. The SMILES string of the molecule is CCN(C(=O)Cc1ccc(N(C)C(C)=O)cc1)C1CCS(=O)(=O)C1. The number of amides is 2. The molecule has 1 aromatic rings. The minimum atomic E-state index is -3.01. The zero-order chi connectivity index (χ0) is 17.9. The third-order valence-corrected chi connectivity index (χ3v) is 6.21. The van der Waals surface area contributed by atoms with Crippen LogP contribution in [0, 0.1) is 0 Å². The summed E-state index contributed by atoms with van der Waals surface area (Å²) in [5.41, 5.74) is 1.62. The Hall–Kier alpha value is -1.89. The zero-order valence-corrected chi connectivity index (χ0v) is 15.2. The molecule has 1 unspecified atom stereocenters. The number of hydrogen-bond donors (Lipinski definition) is 0. The quantitative estimate of drug-likeness (QED) is 0.799. The van der Waals surface area contributed by atoms with E-state index in [0.29, 0.717) is 13.0 Å². The Kier molecular flexibility index (Phi) is 5.64. The summed E-state index contributed by atoms with van der Waals surface area (Å²) < 4.78 is 23.3. The number of benzene rings is 1. The van der Waals surface area contributed by atoms with Crippen molar-refractivity contribution in [3.05, 3.63) is 29.8 Å². The topological polar surface area (TPSA) is 74.8 Å². The molecule has 6 nitrogen and oxygen atoms in total. The van der Waals surface area contributed by atoms with Crippen molar-refractivity contribution in [2.75, 3.05) is 30.0 Å². The van der Waals surface area contributed by atoms with Crippen LogP contribution in [0.4, 0.5) is 5.69 Å². The van der Waals surface area contributed by atoms with Gasteiger partial charge in [-0.2, -0.15) is 0 Å². The zero-order valence-electron chi connectivity index (χ0n) is 14.4.